The summed E-state index contributed by atoms with van der Waals surface area (Å²) >= 11 is 12.4. The van der Waals surface area contributed by atoms with Crippen molar-refractivity contribution in [2.45, 2.75) is 76.7 Å². The van der Waals surface area contributed by atoms with Crippen molar-refractivity contribution in [1.29, 1.82) is 0 Å². The van der Waals surface area contributed by atoms with Crippen LogP contribution in [0.4, 0.5) is 0 Å². The van der Waals surface area contributed by atoms with Crippen molar-refractivity contribution >= 4 is 29.1 Å². The van der Waals surface area contributed by atoms with Gasteiger partial charge in [0.05, 0.1) is 17.2 Å². The first kappa shape index (κ1) is 20.4. The minimum absolute atomic E-state index is 0.187. The van der Waals surface area contributed by atoms with E-state index in [9.17, 15) is 4.79 Å². The molecular weight excluding hydrogens is 357 g/mol. The quantitative estimate of drug-likeness (QED) is 0.652. The topological polar surface area (TPSA) is 38.3 Å². The maximum absolute atomic E-state index is 12.8. The molecule has 1 aromatic rings. The summed E-state index contributed by atoms with van der Waals surface area (Å²) < 4.78 is 5.30. The van der Waals surface area contributed by atoms with Crippen molar-refractivity contribution in [3.63, 3.8) is 0 Å². The van der Waals surface area contributed by atoms with Gasteiger partial charge in [-0.05, 0) is 25.0 Å². The molecule has 0 atom stereocenters. The van der Waals surface area contributed by atoms with Crippen molar-refractivity contribution in [3.8, 4) is 5.75 Å². The van der Waals surface area contributed by atoms with Crippen LogP contribution >= 0.6 is 23.2 Å². The molecule has 25 heavy (non-hydrogen) atoms. The molecule has 0 spiro atoms. The average Bonchev–Trinajstić information content (AvgIpc) is 2.58. The number of amides is 1. The highest BCUT2D eigenvalue weighted by atomic mass is 35.5. The zero-order valence-electron chi connectivity index (χ0n) is 15.1. The molecule has 0 saturated heterocycles. The van der Waals surface area contributed by atoms with Crippen LogP contribution in [0.25, 0.3) is 0 Å². The van der Waals surface area contributed by atoms with E-state index in [1.807, 2.05) is 0 Å². The Kier molecular flexibility index (Phi) is 8.91. The van der Waals surface area contributed by atoms with E-state index in [0.717, 1.165) is 25.7 Å². The lowest BCUT2D eigenvalue weighted by molar-refractivity contribution is 0.0928. The first-order valence-corrected chi connectivity index (χ1v) is 10.2. The number of rotatable bonds is 3. The van der Waals surface area contributed by atoms with Crippen molar-refractivity contribution in [2.75, 3.05) is 7.11 Å². The smallest absolute Gasteiger partial charge is 0.256 e. The lowest BCUT2D eigenvalue weighted by Crippen LogP contribution is -2.35. The van der Waals surface area contributed by atoms with Crippen molar-refractivity contribution in [2.24, 2.45) is 0 Å². The zero-order valence-corrected chi connectivity index (χ0v) is 16.6. The number of hydrogen-bond donors (Lipinski definition) is 1. The molecule has 1 saturated carbocycles. The SMILES string of the molecule is COc1c(Cl)ccc(Cl)c1C(=O)NC1CCCCCCCCCCC1. The Hall–Kier alpha value is -0.930. The van der Waals surface area contributed by atoms with Crippen LogP contribution in [0, 0.1) is 0 Å². The number of methoxy groups -OCH3 is 1. The van der Waals surface area contributed by atoms with Crippen LogP contribution in [0.15, 0.2) is 12.1 Å². The molecule has 0 bridgehead atoms. The largest absolute Gasteiger partial charge is 0.494 e. The first-order chi connectivity index (χ1) is 12.1. The summed E-state index contributed by atoms with van der Waals surface area (Å²) in [7, 11) is 1.50. The molecule has 1 N–H and O–H groups in total. The fraction of sp³-hybridized carbons (Fsp3) is 0.650. The second-order valence-corrected chi connectivity index (χ2v) is 7.68. The number of carbonyl (C=O) groups is 1. The molecule has 0 aromatic heterocycles. The molecule has 1 aliphatic rings. The van der Waals surface area contributed by atoms with E-state index in [4.69, 9.17) is 27.9 Å². The number of halogens is 2. The van der Waals surface area contributed by atoms with Crippen molar-refractivity contribution in [1.82, 2.24) is 5.32 Å². The molecule has 0 radical (unpaired) electrons. The van der Waals surface area contributed by atoms with Crippen LogP contribution in [0.3, 0.4) is 0 Å². The fourth-order valence-corrected chi connectivity index (χ4v) is 3.98. The lowest BCUT2D eigenvalue weighted by Gasteiger charge is -2.21. The molecule has 3 nitrogen and oxygen atoms in total. The van der Waals surface area contributed by atoms with Gasteiger partial charge in [-0.2, -0.15) is 0 Å². The van der Waals surface area contributed by atoms with Gasteiger partial charge < -0.3 is 10.1 Å². The van der Waals surface area contributed by atoms with Gasteiger partial charge in [-0.1, -0.05) is 81.0 Å². The summed E-state index contributed by atoms with van der Waals surface area (Å²) in [6, 6.07) is 3.48. The zero-order chi connectivity index (χ0) is 18.1. The Bertz CT molecular complexity index is 551. The third kappa shape index (κ3) is 6.38. The Labute approximate surface area is 161 Å². The van der Waals surface area contributed by atoms with Gasteiger partial charge in [0, 0.05) is 6.04 Å². The normalized spacial score (nSPS) is 18.0. The fourth-order valence-electron chi connectivity index (χ4n) is 3.51. The van der Waals surface area contributed by atoms with Gasteiger partial charge in [0.15, 0.2) is 5.75 Å². The molecule has 1 fully saturated rings. The van der Waals surface area contributed by atoms with E-state index in [1.54, 1.807) is 12.1 Å². The van der Waals surface area contributed by atoms with Crippen LogP contribution in [0.5, 0.6) is 5.75 Å². The van der Waals surface area contributed by atoms with E-state index in [1.165, 1.54) is 52.1 Å². The minimum Gasteiger partial charge on any atom is -0.494 e. The van der Waals surface area contributed by atoms with E-state index < -0.39 is 0 Å². The summed E-state index contributed by atoms with van der Waals surface area (Å²) in [6.07, 6.45) is 13.5. The predicted octanol–water partition coefficient (Wildman–Crippen LogP) is 6.41. The van der Waals surface area contributed by atoms with Crippen LogP contribution in [0.2, 0.25) is 10.0 Å². The number of carbonyl (C=O) groups excluding carboxylic acids is 1. The van der Waals surface area contributed by atoms with Gasteiger partial charge in [-0.25, -0.2) is 0 Å². The van der Waals surface area contributed by atoms with Crippen molar-refractivity contribution in [3.05, 3.63) is 27.7 Å². The van der Waals surface area contributed by atoms with Crippen molar-refractivity contribution < 1.29 is 9.53 Å². The number of nitrogens with one attached hydrogen (secondary N) is 1. The number of hydrogen-bond acceptors (Lipinski definition) is 2. The van der Waals surface area contributed by atoms with Gasteiger partial charge in [-0.3, -0.25) is 4.79 Å². The van der Waals surface area contributed by atoms with E-state index in [-0.39, 0.29) is 11.9 Å². The summed E-state index contributed by atoms with van der Waals surface area (Å²) in [5, 5.41) is 3.93. The third-order valence-electron chi connectivity index (χ3n) is 4.93. The number of benzene rings is 1. The Morgan fingerprint density at radius 1 is 0.920 bits per heavy atom. The monoisotopic (exact) mass is 385 g/mol. The van der Waals surface area contributed by atoms with Gasteiger partial charge in [0.25, 0.3) is 5.91 Å². The standard InChI is InChI=1S/C20H29Cl2NO2/c1-25-19-17(22)14-13-16(21)18(19)20(24)23-15-11-9-7-5-3-2-4-6-8-10-12-15/h13-15H,2-12H2,1H3,(H,23,24). The van der Waals surface area contributed by atoms with Gasteiger partial charge in [0.2, 0.25) is 0 Å². The van der Waals surface area contributed by atoms with Gasteiger partial charge in [-0.15, -0.1) is 0 Å². The molecule has 2 rings (SSSR count). The highest BCUT2D eigenvalue weighted by molar-refractivity contribution is 6.37. The molecule has 140 valence electrons. The predicted molar refractivity (Wildman–Crippen MR) is 105 cm³/mol. The highest BCUT2D eigenvalue weighted by Crippen LogP contribution is 2.34. The van der Waals surface area contributed by atoms with Crippen LogP contribution < -0.4 is 10.1 Å². The van der Waals surface area contributed by atoms with E-state index >= 15 is 0 Å². The van der Waals surface area contributed by atoms with E-state index in [0.29, 0.717) is 21.4 Å². The minimum atomic E-state index is -0.193. The molecule has 0 heterocycles. The second kappa shape index (κ2) is 10.9. The summed E-state index contributed by atoms with van der Waals surface area (Å²) in [4.78, 5) is 12.8. The third-order valence-corrected chi connectivity index (χ3v) is 5.54. The Balaban J connectivity index is 2.04. The lowest BCUT2D eigenvalue weighted by atomic mass is 9.97. The maximum atomic E-state index is 12.8. The second-order valence-electron chi connectivity index (χ2n) is 6.87. The number of ether oxygens (including phenoxy) is 1. The molecule has 0 aliphatic heterocycles. The average molecular weight is 386 g/mol. The molecule has 1 aliphatic carbocycles. The van der Waals surface area contributed by atoms with Crippen LogP contribution in [0.1, 0.15) is 81.0 Å². The molecule has 0 unspecified atom stereocenters. The van der Waals surface area contributed by atoms with Crippen LogP contribution in [-0.2, 0) is 0 Å². The Morgan fingerprint density at radius 3 is 1.92 bits per heavy atom. The van der Waals surface area contributed by atoms with Gasteiger partial charge in [0.1, 0.15) is 5.56 Å². The highest BCUT2D eigenvalue weighted by Gasteiger charge is 2.22. The van der Waals surface area contributed by atoms with E-state index in [2.05, 4.69) is 5.32 Å². The molecule has 1 aromatic carbocycles. The molecule has 5 heteroatoms. The summed E-state index contributed by atoms with van der Waals surface area (Å²) in [5.74, 6) is 0.154. The summed E-state index contributed by atoms with van der Waals surface area (Å²) in [6.45, 7) is 0. The Morgan fingerprint density at radius 2 is 1.40 bits per heavy atom. The summed E-state index contributed by atoms with van der Waals surface area (Å²) in [5.41, 5.74) is 0.336. The molecule has 1 amide bonds. The molecular formula is C20H29Cl2NO2. The maximum Gasteiger partial charge on any atom is 0.256 e. The van der Waals surface area contributed by atoms with Crippen LogP contribution in [-0.4, -0.2) is 19.1 Å². The van der Waals surface area contributed by atoms with Gasteiger partial charge >= 0.3 is 0 Å². The first-order valence-electron chi connectivity index (χ1n) is 9.46.